The van der Waals surface area contributed by atoms with Crippen molar-refractivity contribution in [2.45, 2.75) is 13.0 Å². The molecular formula is C9H11NO. The van der Waals surface area contributed by atoms with E-state index in [0.717, 1.165) is 19.6 Å². The molecule has 1 N–H and O–H groups in total. The highest BCUT2D eigenvalue weighted by atomic mass is 16.6. The Bertz CT molecular complexity index is 222. The fraction of sp³-hybridized carbons (Fsp3) is 0.333. The van der Waals surface area contributed by atoms with Crippen LogP contribution >= 0.6 is 0 Å². The minimum atomic E-state index is 0.775. The molecule has 0 saturated carbocycles. The fourth-order valence-corrected chi connectivity index (χ4v) is 1.34. The van der Waals surface area contributed by atoms with Crippen LogP contribution < -0.4 is 5.48 Å². The molecule has 58 valence electrons. The lowest BCUT2D eigenvalue weighted by atomic mass is 10.1. The molecule has 0 radical (unpaired) electrons. The Morgan fingerprint density at radius 1 is 1.18 bits per heavy atom. The zero-order chi connectivity index (χ0) is 7.52. The number of benzene rings is 1. The maximum Gasteiger partial charge on any atom is 0.0722 e. The Morgan fingerprint density at radius 2 is 2.00 bits per heavy atom. The number of fused-ring (bicyclic) bond motifs is 1. The summed E-state index contributed by atoms with van der Waals surface area (Å²) in [6.45, 7) is 1.60. The van der Waals surface area contributed by atoms with Crippen LogP contribution in [0.5, 0.6) is 0 Å². The molecule has 0 amide bonds. The Labute approximate surface area is 66.1 Å². The van der Waals surface area contributed by atoms with Gasteiger partial charge in [-0.15, -0.1) is 0 Å². The molecule has 0 unspecified atom stereocenters. The zero-order valence-electron chi connectivity index (χ0n) is 6.34. The first-order valence-electron chi connectivity index (χ1n) is 3.88. The predicted octanol–water partition coefficient (Wildman–Crippen LogP) is 1.26. The molecule has 0 atom stereocenters. The van der Waals surface area contributed by atoms with Gasteiger partial charge in [0.2, 0.25) is 0 Å². The molecular weight excluding hydrogens is 138 g/mol. The van der Waals surface area contributed by atoms with E-state index in [2.05, 4.69) is 29.7 Å². The zero-order valence-corrected chi connectivity index (χ0v) is 6.34. The van der Waals surface area contributed by atoms with Crippen molar-refractivity contribution in [2.75, 3.05) is 6.61 Å². The van der Waals surface area contributed by atoms with Gasteiger partial charge in [0.25, 0.3) is 0 Å². The predicted molar refractivity (Wildman–Crippen MR) is 42.9 cm³/mol. The molecule has 0 spiro atoms. The highest BCUT2D eigenvalue weighted by Gasteiger charge is 2.04. The van der Waals surface area contributed by atoms with Gasteiger partial charge in [-0.2, -0.15) is 5.48 Å². The average molecular weight is 149 g/mol. The van der Waals surface area contributed by atoms with Gasteiger partial charge >= 0.3 is 0 Å². The second kappa shape index (κ2) is 3.03. The molecule has 1 aromatic carbocycles. The van der Waals surface area contributed by atoms with Crippen molar-refractivity contribution in [1.29, 1.82) is 0 Å². The molecule has 1 aliphatic rings. The first-order valence-corrected chi connectivity index (χ1v) is 3.88. The van der Waals surface area contributed by atoms with Crippen LogP contribution in [0.1, 0.15) is 11.1 Å². The van der Waals surface area contributed by atoms with Crippen LogP contribution in [0.4, 0.5) is 0 Å². The molecule has 0 aliphatic carbocycles. The Hall–Kier alpha value is -0.860. The minimum Gasteiger partial charge on any atom is -0.301 e. The maximum atomic E-state index is 5.13. The maximum absolute atomic E-state index is 5.13. The molecule has 0 bridgehead atoms. The van der Waals surface area contributed by atoms with Crippen LogP contribution in [0.15, 0.2) is 24.3 Å². The van der Waals surface area contributed by atoms with Crippen molar-refractivity contribution in [1.82, 2.24) is 5.48 Å². The molecule has 2 nitrogen and oxygen atoms in total. The van der Waals surface area contributed by atoms with E-state index < -0.39 is 0 Å². The third kappa shape index (κ3) is 1.42. The normalized spacial score (nSPS) is 17.1. The molecule has 1 heterocycles. The smallest absolute Gasteiger partial charge is 0.0722 e. The lowest BCUT2D eigenvalue weighted by Gasteiger charge is -2.01. The van der Waals surface area contributed by atoms with Crippen molar-refractivity contribution in [3.05, 3.63) is 35.4 Å². The molecule has 1 aliphatic heterocycles. The van der Waals surface area contributed by atoms with Gasteiger partial charge in [0.05, 0.1) is 6.61 Å². The summed E-state index contributed by atoms with van der Waals surface area (Å²) < 4.78 is 0. The van der Waals surface area contributed by atoms with E-state index in [-0.39, 0.29) is 0 Å². The summed E-state index contributed by atoms with van der Waals surface area (Å²) in [4.78, 5) is 5.13. The van der Waals surface area contributed by atoms with Gasteiger partial charge in [-0.1, -0.05) is 24.3 Å². The van der Waals surface area contributed by atoms with E-state index in [1.807, 2.05) is 0 Å². The van der Waals surface area contributed by atoms with Crippen LogP contribution in [-0.2, 0) is 17.8 Å². The van der Waals surface area contributed by atoms with E-state index in [0.29, 0.717) is 0 Å². The SMILES string of the molecule is c1ccc2c(c1)CCONC2. The summed E-state index contributed by atoms with van der Waals surface area (Å²) in [6.07, 6.45) is 1.02. The van der Waals surface area contributed by atoms with E-state index in [1.165, 1.54) is 11.1 Å². The second-order valence-corrected chi connectivity index (χ2v) is 2.69. The van der Waals surface area contributed by atoms with Crippen LogP contribution in [0.2, 0.25) is 0 Å². The highest BCUT2D eigenvalue weighted by molar-refractivity contribution is 5.27. The summed E-state index contributed by atoms with van der Waals surface area (Å²) in [6, 6.07) is 8.43. The standard InChI is InChI=1S/C9H11NO/c1-2-4-9-7-10-11-6-5-8(9)3-1/h1-4,10H,5-7H2. The first-order chi connectivity index (χ1) is 5.47. The highest BCUT2D eigenvalue weighted by Crippen LogP contribution is 2.11. The van der Waals surface area contributed by atoms with Crippen molar-refractivity contribution in [3.63, 3.8) is 0 Å². The third-order valence-electron chi connectivity index (χ3n) is 1.96. The number of hydroxylamine groups is 1. The van der Waals surface area contributed by atoms with Crippen molar-refractivity contribution in [2.24, 2.45) is 0 Å². The van der Waals surface area contributed by atoms with Gasteiger partial charge in [0, 0.05) is 6.54 Å². The number of nitrogens with one attached hydrogen (secondary N) is 1. The van der Waals surface area contributed by atoms with Crippen LogP contribution in [-0.4, -0.2) is 6.61 Å². The molecule has 2 rings (SSSR count). The topological polar surface area (TPSA) is 21.3 Å². The molecule has 0 saturated heterocycles. The van der Waals surface area contributed by atoms with Gasteiger partial charge in [0.1, 0.15) is 0 Å². The Morgan fingerprint density at radius 3 is 2.91 bits per heavy atom. The average Bonchev–Trinajstić information content (AvgIpc) is 2.28. The first kappa shape index (κ1) is 6.83. The monoisotopic (exact) mass is 149 g/mol. The van der Waals surface area contributed by atoms with Crippen molar-refractivity contribution in [3.8, 4) is 0 Å². The minimum absolute atomic E-state index is 0.775. The van der Waals surface area contributed by atoms with Crippen LogP contribution in [0.3, 0.4) is 0 Å². The van der Waals surface area contributed by atoms with E-state index in [4.69, 9.17) is 4.84 Å². The van der Waals surface area contributed by atoms with Crippen LogP contribution in [0, 0.1) is 0 Å². The summed E-state index contributed by atoms with van der Waals surface area (Å²) in [5.74, 6) is 0. The summed E-state index contributed by atoms with van der Waals surface area (Å²) >= 11 is 0. The van der Waals surface area contributed by atoms with Crippen LogP contribution in [0.25, 0.3) is 0 Å². The number of rotatable bonds is 0. The Kier molecular flexibility index (Phi) is 1.88. The van der Waals surface area contributed by atoms with E-state index >= 15 is 0 Å². The van der Waals surface area contributed by atoms with Crippen molar-refractivity contribution >= 4 is 0 Å². The molecule has 0 aromatic heterocycles. The molecule has 2 heteroatoms. The number of hydrogen-bond acceptors (Lipinski definition) is 2. The molecule has 1 aromatic rings. The van der Waals surface area contributed by atoms with Gasteiger partial charge < -0.3 is 4.84 Å². The van der Waals surface area contributed by atoms with Gasteiger partial charge in [-0.3, -0.25) is 0 Å². The van der Waals surface area contributed by atoms with E-state index in [9.17, 15) is 0 Å². The van der Waals surface area contributed by atoms with Crippen molar-refractivity contribution < 1.29 is 4.84 Å². The Balaban J connectivity index is 2.33. The summed E-state index contributed by atoms with van der Waals surface area (Å²) in [5, 5.41) is 0. The lowest BCUT2D eigenvalue weighted by molar-refractivity contribution is 0.0444. The second-order valence-electron chi connectivity index (χ2n) is 2.69. The largest absolute Gasteiger partial charge is 0.301 e. The molecule has 0 fully saturated rings. The van der Waals surface area contributed by atoms with Gasteiger partial charge in [-0.25, -0.2) is 0 Å². The quantitative estimate of drug-likeness (QED) is 0.599. The number of hydrogen-bond donors (Lipinski definition) is 1. The lowest BCUT2D eigenvalue weighted by Crippen LogP contribution is -2.11. The van der Waals surface area contributed by atoms with Gasteiger partial charge in [0.15, 0.2) is 0 Å². The third-order valence-corrected chi connectivity index (χ3v) is 1.96. The summed E-state index contributed by atoms with van der Waals surface area (Å²) in [7, 11) is 0. The summed E-state index contributed by atoms with van der Waals surface area (Å²) in [5.41, 5.74) is 5.66. The van der Waals surface area contributed by atoms with Gasteiger partial charge in [-0.05, 0) is 17.5 Å². The van der Waals surface area contributed by atoms with E-state index in [1.54, 1.807) is 0 Å². The molecule has 11 heavy (non-hydrogen) atoms. The fourth-order valence-electron chi connectivity index (χ4n) is 1.34.